The highest BCUT2D eigenvalue weighted by molar-refractivity contribution is 4.99. The molecule has 0 atom stereocenters. The van der Waals surface area contributed by atoms with Gasteiger partial charge in [-0.1, -0.05) is 13.3 Å². The Morgan fingerprint density at radius 1 is 1.50 bits per heavy atom. The SMILES string of the molecule is CCCC1(N)CN(CCCF)C1. The molecule has 0 radical (unpaired) electrons. The molecule has 1 heterocycles. The van der Waals surface area contributed by atoms with E-state index in [2.05, 4.69) is 11.8 Å². The molecule has 12 heavy (non-hydrogen) atoms. The lowest BCUT2D eigenvalue weighted by Crippen LogP contribution is -2.67. The van der Waals surface area contributed by atoms with Crippen LogP contribution in [0.4, 0.5) is 4.39 Å². The average molecular weight is 174 g/mol. The van der Waals surface area contributed by atoms with Crippen molar-refractivity contribution in [3.8, 4) is 0 Å². The van der Waals surface area contributed by atoms with Gasteiger partial charge in [-0.15, -0.1) is 0 Å². The summed E-state index contributed by atoms with van der Waals surface area (Å²) in [6.45, 7) is 4.74. The molecular formula is C9H19FN2. The van der Waals surface area contributed by atoms with Crippen molar-refractivity contribution in [3.63, 3.8) is 0 Å². The molecule has 2 nitrogen and oxygen atoms in total. The highest BCUT2D eigenvalue weighted by Crippen LogP contribution is 2.22. The van der Waals surface area contributed by atoms with Gasteiger partial charge in [-0.25, -0.2) is 0 Å². The van der Waals surface area contributed by atoms with Crippen molar-refractivity contribution in [2.24, 2.45) is 5.73 Å². The molecule has 0 unspecified atom stereocenters. The number of hydrogen-bond acceptors (Lipinski definition) is 2. The van der Waals surface area contributed by atoms with Crippen LogP contribution in [0.1, 0.15) is 26.2 Å². The smallest absolute Gasteiger partial charge is 0.0906 e. The van der Waals surface area contributed by atoms with Crippen LogP contribution in [0.15, 0.2) is 0 Å². The second-order valence-corrected chi connectivity index (χ2v) is 3.87. The van der Waals surface area contributed by atoms with Crippen LogP contribution in [0.3, 0.4) is 0 Å². The van der Waals surface area contributed by atoms with Crippen molar-refractivity contribution in [1.29, 1.82) is 0 Å². The van der Waals surface area contributed by atoms with Gasteiger partial charge in [0.05, 0.1) is 6.67 Å². The van der Waals surface area contributed by atoms with Crippen molar-refractivity contribution in [2.45, 2.75) is 31.7 Å². The van der Waals surface area contributed by atoms with E-state index in [9.17, 15) is 4.39 Å². The van der Waals surface area contributed by atoms with E-state index in [0.717, 1.165) is 32.5 Å². The Hall–Kier alpha value is -0.150. The molecule has 72 valence electrons. The molecule has 0 amide bonds. The highest BCUT2D eigenvalue weighted by atomic mass is 19.1. The third-order valence-electron chi connectivity index (χ3n) is 2.43. The molecule has 2 N–H and O–H groups in total. The summed E-state index contributed by atoms with van der Waals surface area (Å²) >= 11 is 0. The van der Waals surface area contributed by atoms with Gasteiger partial charge in [0.25, 0.3) is 0 Å². The monoisotopic (exact) mass is 174 g/mol. The number of nitrogens with zero attached hydrogens (tertiary/aromatic N) is 1. The van der Waals surface area contributed by atoms with Crippen LogP contribution in [0.5, 0.6) is 0 Å². The molecule has 1 rings (SSSR count). The lowest BCUT2D eigenvalue weighted by Gasteiger charge is -2.48. The first kappa shape index (κ1) is 9.93. The quantitative estimate of drug-likeness (QED) is 0.677. The second kappa shape index (κ2) is 4.19. The van der Waals surface area contributed by atoms with E-state index in [1.165, 1.54) is 0 Å². The van der Waals surface area contributed by atoms with Gasteiger partial charge in [-0.2, -0.15) is 0 Å². The third-order valence-corrected chi connectivity index (χ3v) is 2.43. The van der Waals surface area contributed by atoms with Gasteiger partial charge in [0.2, 0.25) is 0 Å². The van der Waals surface area contributed by atoms with E-state index in [4.69, 9.17) is 5.73 Å². The van der Waals surface area contributed by atoms with Crippen LogP contribution >= 0.6 is 0 Å². The zero-order chi connectivity index (χ0) is 9.03. The number of rotatable bonds is 5. The zero-order valence-electron chi connectivity index (χ0n) is 7.85. The van der Waals surface area contributed by atoms with Crippen LogP contribution in [-0.2, 0) is 0 Å². The van der Waals surface area contributed by atoms with E-state index < -0.39 is 0 Å². The molecular weight excluding hydrogens is 155 g/mol. The Morgan fingerprint density at radius 3 is 2.67 bits per heavy atom. The van der Waals surface area contributed by atoms with Crippen LogP contribution in [-0.4, -0.2) is 36.7 Å². The van der Waals surface area contributed by atoms with Crippen molar-refractivity contribution in [2.75, 3.05) is 26.3 Å². The normalized spacial score (nSPS) is 22.2. The van der Waals surface area contributed by atoms with Crippen molar-refractivity contribution in [3.05, 3.63) is 0 Å². The van der Waals surface area contributed by atoms with Gasteiger partial charge in [0.1, 0.15) is 0 Å². The number of alkyl halides is 1. The maximum absolute atomic E-state index is 11.8. The fourth-order valence-electron chi connectivity index (χ4n) is 1.94. The molecule has 3 heteroatoms. The maximum atomic E-state index is 11.8. The van der Waals surface area contributed by atoms with E-state index in [1.54, 1.807) is 0 Å². The van der Waals surface area contributed by atoms with Crippen LogP contribution < -0.4 is 5.73 Å². The van der Waals surface area contributed by atoms with Crippen LogP contribution in [0.25, 0.3) is 0 Å². The standard InChI is InChI=1S/C9H19FN2/c1-2-4-9(11)7-12(8-9)6-3-5-10/h2-8,11H2,1H3. The minimum Gasteiger partial charge on any atom is -0.323 e. The summed E-state index contributed by atoms with van der Waals surface area (Å²) in [5.74, 6) is 0. The average Bonchev–Trinajstić information content (AvgIpc) is 1.97. The Morgan fingerprint density at radius 2 is 2.17 bits per heavy atom. The predicted octanol–water partition coefficient (Wildman–Crippen LogP) is 1.16. The molecule has 0 aliphatic carbocycles. The van der Waals surface area contributed by atoms with Crippen molar-refractivity contribution >= 4 is 0 Å². The van der Waals surface area contributed by atoms with Gasteiger partial charge in [-0.3, -0.25) is 9.29 Å². The fourth-order valence-corrected chi connectivity index (χ4v) is 1.94. The topological polar surface area (TPSA) is 29.3 Å². The molecule has 0 aromatic carbocycles. The summed E-state index contributed by atoms with van der Waals surface area (Å²) in [5.41, 5.74) is 6.09. The molecule has 1 fully saturated rings. The first-order chi connectivity index (χ1) is 5.70. The summed E-state index contributed by atoms with van der Waals surface area (Å²) < 4.78 is 11.8. The maximum Gasteiger partial charge on any atom is 0.0906 e. The second-order valence-electron chi connectivity index (χ2n) is 3.87. The fraction of sp³-hybridized carbons (Fsp3) is 1.00. The zero-order valence-corrected chi connectivity index (χ0v) is 7.85. The summed E-state index contributed by atoms with van der Waals surface area (Å²) in [5, 5.41) is 0. The summed E-state index contributed by atoms with van der Waals surface area (Å²) in [4.78, 5) is 2.23. The molecule has 0 saturated carbocycles. The minimum atomic E-state index is -0.206. The van der Waals surface area contributed by atoms with Crippen LogP contribution in [0, 0.1) is 0 Å². The Labute approximate surface area is 73.9 Å². The molecule has 0 aromatic heterocycles. The summed E-state index contributed by atoms with van der Waals surface area (Å²) in [6.07, 6.45) is 2.90. The van der Waals surface area contributed by atoms with Gasteiger partial charge in [-0.05, 0) is 12.8 Å². The third kappa shape index (κ3) is 2.42. The summed E-state index contributed by atoms with van der Waals surface area (Å²) in [6, 6.07) is 0. The van der Waals surface area contributed by atoms with E-state index in [-0.39, 0.29) is 12.2 Å². The van der Waals surface area contributed by atoms with Crippen molar-refractivity contribution < 1.29 is 4.39 Å². The number of halogens is 1. The highest BCUT2D eigenvalue weighted by Gasteiger charge is 2.37. The van der Waals surface area contributed by atoms with Gasteiger partial charge in [0, 0.05) is 25.2 Å². The lowest BCUT2D eigenvalue weighted by molar-refractivity contribution is 0.0612. The molecule has 1 saturated heterocycles. The summed E-state index contributed by atoms with van der Waals surface area (Å²) in [7, 11) is 0. The largest absolute Gasteiger partial charge is 0.323 e. The van der Waals surface area contributed by atoms with E-state index >= 15 is 0 Å². The Bertz CT molecular complexity index is 132. The number of likely N-dealkylation sites (tertiary alicyclic amines) is 1. The van der Waals surface area contributed by atoms with Gasteiger partial charge < -0.3 is 5.73 Å². The van der Waals surface area contributed by atoms with Crippen LogP contribution in [0.2, 0.25) is 0 Å². The number of hydrogen-bond donors (Lipinski definition) is 1. The minimum absolute atomic E-state index is 0.0467. The molecule has 0 bridgehead atoms. The Balaban J connectivity index is 2.09. The Kier molecular flexibility index (Phi) is 3.47. The van der Waals surface area contributed by atoms with Crippen molar-refractivity contribution in [1.82, 2.24) is 4.90 Å². The first-order valence-electron chi connectivity index (χ1n) is 4.77. The molecule has 0 spiro atoms. The molecule has 1 aliphatic heterocycles. The molecule has 0 aromatic rings. The predicted molar refractivity (Wildman–Crippen MR) is 48.9 cm³/mol. The van der Waals surface area contributed by atoms with E-state index in [1.807, 2.05) is 0 Å². The van der Waals surface area contributed by atoms with Gasteiger partial charge >= 0.3 is 0 Å². The van der Waals surface area contributed by atoms with Gasteiger partial charge in [0.15, 0.2) is 0 Å². The number of nitrogens with two attached hydrogens (primary N) is 1. The van der Waals surface area contributed by atoms with E-state index in [0.29, 0.717) is 6.42 Å². The molecule has 1 aliphatic rings. The lowest BCUT2D eigenvalue weighted by atomic mass is 9.86. The first-order valence-corrected chi connectivity index (χ1v) is 4.77.